The highest BCUT2D eigenvalue weighted by Gasteiger charge is 2.22. The summed E-state index contributed by atoms with van der Waals surface area (Å²) in [4.78, 5) is 15.1. The van der Waals surface area contributed by atoms with E-state index in [4.69, 9.17) is 10.5 Å². The number of carbonyl (C=O) groups is 1. The van der Waals surface area contributed by atoms with Crippen LogP contribution in [0.15, 0.2) is 18.3 Å². The van der Waals surface area contributed by atoms with E-state index in [9.17, 15) is 4.79 Å². The third kappa shape index (κ3) is 5.17. The molecule has 1 heterocycles. The van der Waals surface area contributed by atoms with Gasteiger partial charge in [-0.15, -0.1) is 0 Å². The van der Waals surface area contributed by atoms with Gasteiger partial charge in [-0.1, -0.05) is 22.0 Å². The van der Waals surface area contributed by atoms with Gasteiger partial charge < -0.3 is 10.5 Å². The zero-order chi connectivity index (χ0) is 12.9. The summed E-state index contributed by atoms with van der Waals surface area (Å²) in [5, 5.41) is 0.921. The second-order valence-electron chi connectivity index (χ2n) is 4.45. The molecule has 0 aliphatic carbocycles. The van der Waals surface area contributed by atoms with E-state index in [0.29, 0.717) is 6.42 Å². The molecule has 0 atom stereocenters. The number of halogens is 1. The van der Waals surface area contributed by atoms with Crippen LogP contribution in [0.2, 0.25) is 0 Å². The van der Waals surface area contributed by atoms with Crippen molar-refractivity contribution in [1.29, 1.82) is 0 Å². The topological polar surface area (TPSA) is 65.2 Å². The lowest BCUT2D eigenvalue weighted by Gasteiger charge is -2.23. The number of ether oxygens (including phenoxy) is 1. The van der Waals surface area contributed by atoms with Crippen LogP contribution in [0.25, 0.3) is 0 Å². The van der Waals surface area contributed by atoms with Crippen LogP contribution in [0.1, 0.15) is 25.1 Å². The fourth-order valence-electron chi connectivity index (χ4n) is 1.56. The number of aryl methyl sites for hydroxylation is 1. The maximum Gasteiger partial charge on any atom is 0.405 e. The van der Waals surface area contributed by atoms with E-state index in [0.717, 1.165) is 17.4 Å². The number of amides is 1. The predicted octanol–water partition coefficient (Wildman–Crippen LogP) is 2.44. The van der Waals surface area contributed by atoms with Gasteiger partial charge in [-0.25, -0.2) is 4.79 Å². The first-order chi connectivity index (χ1) is 7.93. The van der Waals surface area contributed by atoms with Crippen molar-refractivity contribution < 1.29 is 9.53 Å². The number of nitrogens with two attached hydrogens (primary N) is 1. The Labute approximate surface area is 110 Å². The van der Waals surface area contributed by atoms with Crippen LogP contribution in [0, 0.1) is 0 Å². The molecule has 0 aliphatic rings. The first-order valence-electron chi connectivity index (χ1n) is 5.41. The lowest BCUT2D eigenvalue weighted by atomic mass is 10.0. The van der Waals surface area contributed by atoms with E-state index in [2.05, 4.69) is 20.9 Å². The zero-order valence-corrected chi connectivity index (χ0v) is 11.7. The summed E-state index contributed by atoms with van der Waals surface area (Å²) in [5.41, 5.74) is 6.44. The fourth-order valence-corrected chi connectivity index (χ4v) is 2.02. The standard InChI is InChI=1S/C12H17BrN2O2/c1-12(2,17-11(14)16)7-10-4-3-9(5-6-13)8-15-10/h3-4,8H,5-7H2,1-2H3,(H2,14,16). The van der Waals surface area contributed by atoms with Crippen LogP contribution >= 0.6 is 15.9 Å². The Hall–Kier alpha value is -1.10. The normalized spacial score (nSPS) is 11.2. The molecule has 0 radical (unpaired) electrons. The number of rotatable bonds is 5. The fraction of sp³-hybridized carbons (Fsp3) is 0.500. The lowest BCUT2D eigenvalue weighted by molar-refractivity contribution is 0.0453. The number of hydrogen-bond donors (Lipinski definition) is 1. The molecule has 0 unspecified atom stereocenters. The van der Waals surface area contributed by atoms with E-state index in [1.165, 1.54) is 5.56 Å². The number of primary amides is 1. The van der Waals surface area contributed by atoms with Crippen molar-refractivity contribution in [3.8, 4) is 0 Å². The maximum absolute atomic E-state index is 10.7. The van der Waals surface area contributed by atoms with Gasteiger partial charge in [0.2, 0.25) is 0 Å². The minimum Gasteiger partial charge on any atom is -0.443 e. The highest BCUT2D eigenvalue weighted by atomic mass is 79.9. The molecule has 2 N–H and O–H groups in total. The minimum absolute atomic E-state index is 0.546. The van der Waals surface area contributed by atoms with Gasteiger partial charge in [0.05, 0.1) is 0 Å². The molecule has 0 spiro atoms. The second-order valence-corrected chi connectivity index (χ2v) is 5.25. The lowest BCUT2D eigenvalue weighted by Crippen LogP contribution is -2.33. The van der Waals surface area contributed by atoms with E-state index >= 15 is 0 Å². The molecule has 5 heteroatoms. The van der Waals surface area contributed by atoms with Crippen molar-refractivity contribution in [2.75, 3.05) is 5.33 Å². The van der Waals surface area contributed by atoms with Gasteiger partial charge in [0, 0.05) is 23.6 Å². The quantitative estimate of drug-likeness (QED) is 0.849. The highest BCUT2D eigenvalue weighted by molar-refractivity contribution is 9.09. The number of hydrogen-bond acceptors (Lipinski definition) is 3. The molecular formula is C12H17BrN2O2. The Kier molecular flexibility index (Phi) is 4.93. The minimum atomic E-state index is -0.758. The van der Waals surface area contributed by atoms with Crippen molar-refractivity contribution in [1.82, 2.24) is 4.98 Å². The molecule has 17 heavy (non-hydrogen) atoms. The van der Waals surface area contributed by atoms with E-state index in [1.807, 2.05) is 32.2 Å². The van der Waals surface area contributed by atoms with Crippen LogP contribution in [0.5, 0.6) is 0 Å². The first-order valence-corrected chi connectivity index (χ1v) is 6.53. The summed E-state index contributed by atoms with van der Waals surface area (Å²) in [7, 11) is 0. The van der Waals surface area contributed by atoms with Crippen LogP contribution in [0.4, 0.5) is 4.79 Å². The van der Waals surface area contributed by atoms with Crippen molar-refractivity contribution in [2.24, 2.45) is 5.73 Å². The largest absolute Gasteiger partial charge is 0.443 e. The SMILES string of the molecule is CC(C)(Cc1ccc(CCBr)cn1)OC(N)=O. The Balaban J connectivity index is 2.65. The molecule has 1 amide bonds. The number of nitrogens with zero attached hydrogens (tertiary/aromatic N) is 1. The van der Waals surface area contributed by atoms with Crippen LogP contribution in [0.3, 0.4) is 0 Å². The number of pyridine rings is 1. The molecule has 0 aliphatic heterocycles. The molecule has 0 fully saturated rings. The summed E-state index contributed by atoms with van der Waals surface area (Å²) in [6.45, 7) is 3.62. The van der Waals surface area contributed by atoms with E-state index in [1.54, 1.807) is 0 Å². The van der Waals surface area contributed by atoms with Crippen molar-refractivity contribution >= 4 is 22.0 Å². The number of aromatic nitrogens is 1. The maximum atomic E-state index is 10.7. The van der Waals surface area contributed by atoms with Crippen molar-refractivity contribution in [2.45, 2.75) is 32.3 Å². The number of carbonyl (C=O) groups excluding carboxylic acids is 1. The van der Waals surface area contributed by atoms with Gasteiger partial charge in [0.15, 0.2) is 0 Å². The van der Waals surface area contributed by atoms with Gasteiger partial charge >= 0.3 is 6.09 Å². The molecule has 1 aromatic rings. The van der Waals surface area contributed by atoms with Gasteiger partial charge in [-0.3, -0.25) is 4.98 Å². The van der Waals surface area contributed by atoms with E-state index < -0.39 is 11.7 Å². The van der Waals surface area contributed by atoms with Gasteiger partial charge in [-0.2, -0.15) is 0 Å². The molecule has 94 valence electrons. The van der Waals surface area contributed by atoms with Gasteiger partial charge in [0.1, 0.15) is 5.60 Å². The Morgan fingerprint density at radius 1 is 1.53 bits per heavy atom. The Morgan fingerprint density at radius 3 is 2.71 bits per heavy atom. The Bertz CT molecular complexity index is 377. The summed E-state index contributed by atoms with van der Waals surface area (Å²) in [5.74, 6) is 0. The molecule has 1 aromatic heterocycles. The van der Waals surface area contributed by atoms with Crippen molar-refractivity contribution in [3.05, 3.63) is 29.6 Å². The summed E-state index contributed by atoms with van der Waals surface area (Å²) in [6.07, 6.45) is 2.58. The van der Waals surface area contributed by atoms with Crippen molar-refractivity contribution in [3.63, 3.8) is 0 Å². The molecule has 4 nitrogen and oxygen atoms in total. The molecule has 0 bridgehead atoms. The zero-order valence-electron chi connectivity index (χ0n) is 10.1. The second kappa shape index (κ2) is 6.00. The summed E-state index contributed by atoms with van der Waals surface area (Å²) < 4.78 is 5.01. The van der Waals surface area contributed by atoms with Crippen LogP contribution < -0.4 is 5.73 Å². The smallest absolute Gasteiger partial charge is 0.405 e. The molecule has 0 saturated heterocycles. The molecular weight excluding hydrogens is 284 g/mol. The summed E-state index contributed by atoms with van der Waals surface area (Å²) >= 11 is 3.38. The first kappa shape index (κ1) is 14.0. The predicted molar refractivity (Wildman–Crippen MR) is 70.2 cm³/mol. The summed E-state index contributed by atoms with van der Waals surface area (Å²) in [6, 6.07) is 3.98. The third-order valence-corrected chi connectivity index (χ3v) is 2.65. The van der Waals surface area contributed by atoms with Crippen LogP contribution in [-0.2, 0) is 17.6 Å². The molecule has 1 rings (SSSR count). The highest BCUT2D eigenvalue weighted by Crippen LogP contribution is 2.16. The average Bonchev–Trinajstić information content (AvgIpc) is 2.18. The van der Waals surface area contributed by atoms with Gasteiger partial charge in [0.25, 0.3) is 0 Å². The van der Waals surface area contributed by atoms with E-state index in [-0.39, 0.29) is 0 Å². The third-order valence-electron chi connectivity index (χ3n) is 2.25. The van der Waals surface area contributed by atoms with Crippen LogP contribution in [-0.4, -0.2) is 22.0 Å². The Morgan fingerprint density at radius 2 is 2.24 bits per heavy atom. The average molecular weight is 301 g/mol. The molecule has 0 saturated carbocycles. The number of alkyl halides is 1. The molecule has 0 aromatic carbocycles. The monoisotopic (exact) mass is 300 g/mol. The van der Waals surface area contributed by atoms with Gasteiger partial charge in [-0.05, 0) is 31.9 Å².